The number of hydrogen-bond acceptors (Lipinski definition) is 6. The predicted molar refractivity (Wildman–Crippen MR) is 107 cm³/mol. The first kappa shape index (κ1) is 19.4. The molecule has 3 rings (SSSR count). The highest BCUT2D eigenvalue weighted by Crippen LogP contribution is 2.26. The molecule has 0 unspecified atom stereocenters. The van der Waals surface area contributed by atoms with Gasteiger partial charge < -0.3 is 9.30 Å². The van der Waals surface area contributed by atoms with Crippen molar-refractivity contribution in [3.05, 3.63) is 55.2 Å². The van der Waals surface area contributed by atoms with E-state index in [0.717, 1.165) is 32.7 Å². The van der Waals surface area contributed by atoms with E-state index in [1.165, 1.54) is 23.5 Å². The summed E-state index contributed by atoms with van der Waals surface area (Å²) in [6.07, 6.45) is 0. The molecule has 0 aliphatic carbocycles. The maximum Gasteiger partial charge on any atom is 0.324 e. The summed E-state index contributed by atoms with van der Waals surface area (Å²) in [4.78, 5) is 28.0. The number of thiophene rings is 1. The molecule has 2 heterocycles. The Morgan fingerprint density at radius 3 is 2.74 bits per heavy atom. The Labute approximate surface area is 163 Å². The monoisotopic (exact) mass is 405 g/mol. The van der Waals surface area contributed by atoms with Gasteiger partial charge in [-0.3, -0.25) is 14.9 Å². The SMILES string of the molecule is CCOCCn1c(=NC(=O)c2ccc([N+](=O)[O-])s2)sc2c(C)cc(C)cc21. The van der Waals surface area contributed by atoms with Gasteiger partial charge in [-0.25, -0.2) is 0 Å². The summed E-state index contributed by atoms with van der Waals surface area (Å²) < 4.78 is 8.53. The van der Waals surface area contributed by atoms with Crippen molar-refractivity contribution >= 4 is 43.8 Å². The number of nitrogens with zero attached hydrogens (tertiary/aromatic N) is 3. The second-order valence-electron chi connectivity index (χ2n) is 5.98. The summed E-state index contributed by atoms with van der Waals surface area (Å²) >= 11 is 2.28. The van der Waals surface area contributed by atoms with E-state index in [2.05, 4.69) is 17.1 Å². The maximum absolute atomic E-state index is 12.5. The van der Waals surface area contributed by atoms with Gasteiger partial charge in [-0.15, -0.1) is 0 Å². The van der Waals surface area contributed by atoms with Crippen molar-refractivity contribution < 1.29 is 14.5 Å². The third-order valence-corrected chi connectivity index (χ3v) is 6.21. The Balaban J connectivity index is 2.09. The lowest BCUT2D eigenvalue weighted by Crippen LogP contribution is -2.19. The highest BCUT2D eigenvalue weighted by atomic mass is 32.1. The molecule has 27 heavy (non-hydrogen) atoms. The maximum atomic E-state index is 12.5. The molecule has 0 radical (unpaired) electrons. The second kappa shape index (κ2) is 8.12. The predicted octanol–water partition coefficient (Wildman–Crippen LogP) is 4.07. The standard InChI is InChI=1S/C18H19N3O4S2/c1-4-25-8-7-20-13-10-11(2)9-12(3)16(13)27-18(20)19-17(22)14-5-6-15(26-14)21(23)24/h5-6,9-10H,4,7-8H2,1-3H3. The minimum absolute atomic E-state index is 0.0689. The van der Waals surface area contributed by atoms with Crippen LogP contribution in [0.25, 0.3) is 10.2 Å². The number of hydrogen-bond donors (Lipinski definition) is 0. The molecular weight excluding hydrogens is 386 g/mol. The normalized spacial score (nSPS) is 12.0. The number of amides is 1. The fourth-order valence-electron chi connectivity index (χ4n) is 2.80. The van der Waals surface area contributed by atoms with Crippen molar-refractivity contribution in [1.29, 1.82) is 0 Å². The van der Waals surface area contributed by atoms with Crippen molar-refractivity contribution in [1.82, 2.24) is 4.57 Å². The van der Waals surface area contributed by atoms with Gasteiger partial charge in [0.05, 0.1) is 21.7 Å². The average molecular weight is 406 g/mol. The van der Waals surface area contributed by atoms with Gasteiger partial charge >= 0.3 is 5.00 Å². The molecule has 0 saturated heterocycles. The van der Waals surface area contributed by atoms with Crippen LogP contribution in [-0.4, -0.2) is 28.6 Å². The number of aryl methyl sites for hydroxylation is 2. The number of thiazole rings is 1. The number of benzene rings is 1. The zero-order valence-electron chi connectivity index (χ0n) is 15.2. The van der Waals surface area contributed by atoms with E-state index in [1.807, 2.05) is 25.3 Å². The van der Waals surface area contributed by atoms with E-state index in [0.29, 0.717) is 24.6 Å². The molecule has 9 heteroatoms. The molecule has 142 valence electrons. The molecule has 0 fully saturated rings. The number of aromatic nitrogens is 1. The number of carbonyl (C=O) groups is 1. The van der Waals surface area contributed by atoms with Gasteiger partial charge in [0.2, 0.25) is 0 Å². The molecule has 2 aromatic heterocycles. The lowest BCUT2D eigenvalue weighted by atomic mass is 10.1. The molecule has 0 aliphatic heterocycles. The summed E-state index contributed by atoms with van der Waals surface area (Å²) in [7, 11) is 0. The second-order valence-corrected chi connectivity index (χ2v) is 8.01. The van der Waals surface area contributed by atoms with E-state index < -0.39 is 10.8 Å². The molecular formula is C18H19N3O4S2. The van der Waals surface area contributed by atoms with Crippen LogP contribution >= 0.6 is 22.7 Å². The number of nitro groups is 1. The van der Waals surface area contributed by atoms with Crippen LogP contribution in [0.15, 0.2) is 29.3 Å². The molecule has 3 aromatic rings. The topological polar surface area (TPSA) is 86.7 Å². The van der Waals surface area contributed by atoms with Gasteiger partial charge in [0.1, 0.15) is 4.88 Å². The lowest BCUT2D eigenvalue weighted by Gasteiger charge is -2.06. The highest BCUT2D eigenvalue weighted by Gasteiger charge is 2.16. The van der Waals surface area contributed by atoms with Crippen LogP contribution < -0.4 is 4.80 Å². The molecule has 1 amide bonds. The van der Waals surface area contributed by atoms with E-state index >= 15 is 0 Å². The molecule has 0 aliphatic rings. The number of fused-ring (bicyclic) bond motifs is 1. The van der Waals surface area contributed by atoms with E-state index in [-0.39, 0.29) is 9.88 Å². The first-order chi connectivity index (χ1) is 12.9. The zero-order chi connectivity index (χ0) is 19.6. The van der Waals surface area contributed by atoms with Crippen molar-refractivity contribution in [2.75, 3.05) is 13.2 Å². The number of ether oxygens (including phenoxy) is 1. The number of rotatable bonds is 6. The largest absolute Gasteiger partial charge is 0.380 e. The van der Waals surface area contributed by atoms with Gasteiger partial charge in [-0.2, -0.15) is 4.99 Å². The lowest BCUT2D eigenvalue weighted by molar-refractivity contribution is -0.380. The molecule has 0 N–H and O–H groups in total. The zero-order valence-corrected chi connectivity index (χ0v) is 16.9. The Bertz CT molecular complexity index is 1080. The Kier molecular flexibility index (Phi) is 5.83. The third kappa shape index (κ3) is 4.15. The summed E-state index contributed by atoms with van der Waals surface area (Å²) in [6.45, 7) is 7.71. The van der Waals surface area contributed by atoms with Crippen molar-refractivity contribution in [2.24, 2.45) is 4.99 Å². The minimum Gasteiger partial charge on any atom is -0.380 e. The highest BCUT2D eigenvalue weighted by molar-refractivity contribution is 7.17. The molecule has 0 atom stereocenters. The van der Waals surface area contributed by atoms with Crippen LogP contribution in [0.3, 0.4) is 0 Å². The Morgan fingerprint density at radius 2 is 2.07 bits per heavy atom. The fraction of sp³-hybridized carbons (Fsp3) is 0.333. The first-order valence-electron chi connectivity index (χ1n) is 8.42. The summed E-state index contributed by atoms with van der Waals surface area (Å²) in [5.74, 6) is -0.473. The smallest absolute Gasteiger partial charge is 0.324 e. The van der Waals surface area contributed by atoms with E-state index in [1.54, 1.807) is 0 Å². The quantitative estimate of drug-likeness (QED) is 0.351. The summed E-state index contributed by atoms with van der Waals surface area (Å²) in [5.41, 5.74) is 3.27. The van der Waals surface area contributed by atoms with Crippen LogP contribution in [0.1, 0.15) is 27.7 Å². The van der Waals surface area contributed by atoms with Crippen molar-refractivity contribution in [3.8, 4) is 0 Å². The van der Waals surface area contributed by atoms with Crippen LogP contribution in [0.2, 0.25) is 0 Å². The van der Waals surface area contributed by atoms with Crippen LogP contribution in [0.4, 0.5) is 5.00 Å². The first-order valence-corrected chi connectivity index (χ1v) is 10.1. The van der Waals surface area contributed by atoms with Crippen LogP contribution in [0.5, 0.6) is 0 Å². The Hall–Kier alpha value is -2.36. The molecule has 0 bridgehead atoms. The van der Waals surface area contributed by atoms with Crippen LogP contribution in [0, 0.1) is 24.0 Å². The van der Waals surface area contributed by atoms with Gasteiger partial charge in [-0.05, 0) is 44.0 Å². The van der Waals surface area contributed by atoms with E-state index in [4.69, 9.17) is 4.74 Å². The van der Waals surface area contributed by atoms with E-state index in [9.17, 15) is 14.9 Å². The minimum atomic E-state index is -0.505. The summed E-state index contributed by atoms with van der Waals surface area (Å²) in [5, 5.41) is 10.8. The van der Waals surface area contributed by atoms with Gasteiger partial charge in [0.25, 0.3) is 5.91 Å². The summed E-state index contributed by atoms with van der Waals surface area (Å²) in [6, 6.07) is 6.95. The molecule has 7 nitrogen and oxygen atoms in total. The number of carbonyl (C=O) groups excluding carboxylic acids is 1. The molecule has 0 saturated carbocycles. The fourth-order valence-corrected chi connectivity index (χ4v) is 4.61. The molecule has 1 aromatic carbocycles. The van der Waals surface area contributed by atoms with Gasteiger partial charge in [-0.1, -0.05) is 28.7 Å². The third-order valence-electron chi connectivity index (χ3n) is 3.96. The average Bonchev–Trinajstić information content (AvgIpc) is 3.22. The van der Waals surface area contributed by atoms with Crippen molar-refractivity contribution in [2.45, 2.75) is 27.3 Å². The van der Waals surface area contributed by atoms with Crippen LogP contribution in [-0.2, 0) is 11.3 Å². The van der Waals surface area contributed by atoms with Crippen molar-refractivity contribution in [3.63, 3.8) is 0 Å². The Morgan fingerprint density at radius 1 is 1.30 bits per heavy atom. The molecule has 0 spiro atoms. The van der Waals surface area contributed by atoms with Gasteiger partial charge in [0.15, 0.2) is 4.80 Å². The van der Waals surface area contributed by atoms with Gasteiger partial charge in [0, 0.05) is 19.2 Å².